The van der Waals surface area contributed by atoms with Crippen LogP contribution < -0.4 is 26.4 Å². The van der Waals surface area contributed by atoms with Crippen LogP contribution in [0.2, 0.25) is 0 Å². The van der Waals surface area contributed by atoms with E-state index in [0.717, 1.165) is 25.0 Å². The summed E-state index contributed by atoms with van der Waals surface area (Å²) in [4.78, 5) is 37.9. The first kappa shape index (κ1) is 29.9. The van der Waals surface area contributed by atoms with Gasteiger partial charge in [0, 0.05) is 29.9 Å². The largest absolute Gasteiger partial charge is 0.416 e. The van der Waals surface area contributed by atoms with Crippen molar-refractivity contribution in [1.29, 1.82) is 0 Å². The average Bonchev–Trinajstić information content (AvgIpc) is 2.87. The van der Waals surface area contributed by atoms with Gasteiger partial charge in [-0.05, 0) is 62.2 Å². The molecule has 0 aliphatic heterocycles. The maximum atomic E-state index is 13.1. The number of hydrogen-bond acceptors (Lipinski definition) is 6. The van der Waals surface area contributed by atoms with Crippen LogP contribution in [0.5, 0.6) is 0 Å². The van der Waals surface area contributed by atoms with Crippen LogP contribution in [-0.2, 0) is 21.0 Å². The molecule has 3 amide bonds. The molecule has 14 heteroatoms. The number of nitrogens with two attached hydrogens (primary N) is 1. The standard InChI is InChI=1S/C25H30F3N5O5S/c1-2-30-19-12-9-16(25(26,27)28)13-18(19)24(36)31-14-22(34)32-20-5-3-4-6-21(20)33-23(35)15-7-10-17(11-8-15)39(29,37)38/h7-13,20-21,30H,2-6,14H2,1H3,(H,31,36)(H,32,34)(H,33,35)(H2,29,37,38)/t20-,21+/m1/s1. The molecule has 0 unspecified atom stereocenters. The van der Waals surface area contributed by atoms with Crippen LogP contribution in [-0.4, -0.2) is 51.3 Å². The molecule has 39 heavy (non-hydrogen) atoms. The van der Waals surface area contributed by atoms with E-state index >= 15 is 0 Å². The maximum absolute atomic E-state index is 13.1. The molecule has 212 valence electrons. The van der Waals surface area contributed by atoms with E-state index in [1.54, 1.807) is 6.92 Å². The van der Waals surface area contributed by atoms with Crippen LogP contribution >= 0.6 is 0 Å². The van der Waals surface area contributed by atoms with Crippen molar-refractivity contribution in [3.63, 3.8) is 0 Å². The fourth-order valence-electron chi connectivity index (χ4n) is 4.29. The zero-order valence-electron chi connectivity index (χ0n) is 21.1. The van der Waals surface area contributed by atoms with Gasteiger partial charge >= 0.3 is 6.18 Å². The number of anilines is 1. The third-order valence-electron chi connectivity index (χ3n) is 6.24. The second-order valence-corrected chi connectivity index (χ2v) is 10.6. The first-order valence-corrected chi connectivity index (χ1v) is 13.8. The number of alkyl halides is 3. The topological polar surface area (TPSA) is 159 Å². The highest BCUT2D eigenvalue weighted by Gasteiger charge is 2.32. The molecular formula is C25H30F3N5O5S. The molecule has 0 aromatic heterocycles. The SMILES string of the molecule is CCNc1ccc(C(F)(F)F)cc1C(=O)NCC(=O)N[C@@H]1CCCC[C@@H]1NC(=O)c1ccc(S(N)(=O)=O)cc1. The first-order chi connectivity index (χ1) is 18.3. The summed E-state index contributed by atoms with van der Waals surface area (Å²) in [7, 11) is -3.90. The molecule has 1 aliphatic rings. The Bertz CT molecular complexity index is 1320. The van der Waals surface area contributed by atoms with Crippen molar-refractivity contribution < 1.29 is 36.0 Å². The third kappa shape index (κ3) is 8.17. The highest BCUT2D eigenvalue weighted by Crippen LogP contribution is 2.32. The van der Waals surface area contributed by atoms with Gasteiger partial charge in [0.25, 0.3) is 11.8 Å². The van der Waals surface area contributed by atoms with Crippen molar-refractivity contribution >= 4 is 33.4 Å². The van der Waals surface area contributed by atoms with E-state index in [-0.39, 0.29) is 21.7 Å². The summed E-state index contributed by atoms with van der Waals surface area (Å²) >= 11 is 0. The Morgan fingerprint density at radius 2 is 1.56 bits per heavy atom. The average molecular weight is 570 g/mol. The Labute approximate surface area is 224 Å². The number of sulfonamides is 1. The number of benzene rings is 2. The van der Waals surface area contributed by atoms with Crippen LogP contribution in [0, 0.1) is 0 Å². The van der Waals surface area contributed by atoms with E-state index in [2.05, 4.69) is 21.3 Å². The molecule has 0 heterocycles. The van der Waals surface area contributed by atoms with Gasteiger partial charge in [0.15, 0.2) is 0 Å². The fraction of sp³-hybridized carbons (Fsp3) is 0.400. The van der Waals surface area contributed by atoms with E-state index in [1.165, 1.54) is 30.3 Å². The molecule has 1 saturated carbocycles. The number of amides is 3. The first-order valence-electron chi connectivity index (χ1n) is 12.3. The van der Waals surface area contributed by atoms with Gasteiger partial charge in [-0.1, -0.05) is 12.8 Å². The molecule has 0 bridgehead atoms. The van der Waals surface area contributed by atoms with E-state index in [4.69, 9.17) is 5.14 Å². The van der Waals surface area contributed by atoms with Crippen LogP contribution in [0.25, 0.3) is 0 Å². The van der Waals surface area contributed by atoms with Crippen molar-refractivity contribution in [2.45, 2.75) is 55.8 Å². The summed E-state index contributed by atoms with van der Waals surface area (Å²) in [5.41, 5.74) is -0.812. The second kappa shape index (κ2) is 12.5. The molecule has 1 aliphatic carbocycles. The Morgan fingerprint density at radius 3 is 2.13 bits per heavy atom. The fourth-order valence-corrected chi connectivity index (χ4v) is 4.81. The lowest BCUT2D eigenvalue weighted by molar-refractivity contribution is -0.137. The van der Waals surface area contributed by atoms with Crippen LogP contribution in [0.15, 0.2) is 47.4 Å². The summed E-state index contributed by atoms with van der Waals surface area (Å²) in [6.45, 7) is 1.62. The number of carbonyl (C=O) groups is 3. The van der Waals surface area contributed by atoms with Crippen molar-refractivity contribution in [2.75, 3.05) is 18.4 Å². The summed E-state index contributed by atoms with van der Waals surface area (Å²) in [5.74, 6) is -1.87. The Kier molecular flexibility index (Phi) is 9.56. The van der Waals surface area contributed by atoms with E-state index in [0.29, 0.717) is 19.4 Å². The van der Waals surface area contributed by atoms with Gasteiger partial charge in [0.1, 0.15) is 0 Å². The normalized spacial score (nSPS) is 17.7. The van der Waals surface area contributed by atoms with Gasteiger partial charge in [0.05, 0.1) is 22.6 Å². The molecule has 10 nitrogen and oxygen atoms in total. The second-order valence-electron chi connectivity index (χ2n) is 9.08. The lowest BCUT2D eigenvalue weighted by atomic mass is 9.90. The molecule has 0 saturated heterocycles. The van der Waals surface area contributed by atoms with E-state index in [9.17, 15) is 36.0 Å². The number of nitrogens with one attached hydrogen (secondary N) is 4. The smallest absolute Gasteiger partial charge is 0.385 e. The quantitative estimate of drug-likeness (QED) is 0.312. The van der Waals surface area contributed by atoms with Gasteiger partial charge in [-0.2, -0.15) is 13.2 Å². The summed E-state index contributed by atoms with van der Waals surface area (Å²) < 4.78 is 62.3. The minimum Gasteiger partial charge on any atom is -0.385 e. The van der Waals surface area contributed by atoms with E-state index in [1.807, 2.05) is 0 Å². The van der Waals surface area contributed by atoms with Crippen LogP contribution in [0.1, 0.15) is 58.9 Å². The predicted octanol–water partition coefficient (Wildman–Crippen LogP) is 2.37. The van der Waals surface area contributed by atoms with Gasteiger partial charge in [-0.3, -0.25) is 14.4 Å². The third-order valence-corrected chi connectivity index (χ3v) is 7.17. The van der Waals surface area contributed by atoms with Gasteiger partial charge in [-0.25, -0.2) is 13.6 Å². The molecule has 3 rings (SSSR count). The maximum Gasteiger partial charge on any atom is 0.416 e. The van der Waals surface area contributed by atoms with Crippen molar-refractivity contribution in [2.24, 2.45) is 5.14 Å². The van der Waals surface area contributed by atoms with Gasteiger partial charge < -0.3 is 21.3 Å². The van der Waals surface area contributed by atoms with Crippen molar-refractivity contribution in [3.8, 4) is 0 Å². The number of carbonyl (C=O) groups excluding carboxylic acids is 3. The highest BCUT2D eigenvalue weighted by atomic mass is 32.2. The van der Waals surface area contributed by atoms with Gasteiger partial charge in [0.2, 0.25) is 15.9 Å². The van der Waals surface area contributed by atoms with Crippen molar-refractivity contribution in [3.05, 3.63) is 59.2 Å². The summed E-state index contributed by atoms with van der Waals surface area (Å²) in [6.07, 6.45) is -1.90. The molecule has 6 N–H and O–H groups in total. The molecule has 1 fully saturated rings. The molecule has 0 spiro atoms. The molecule has 2 aromatic carbocycles. The molecule has 0 radical (unpaired) electrons. The number of halogens is 3. The van der Waals surface area contributed by atoms with Gasteiger partial charge in [-0.15, -0.1) is 0 Å². The Hall–Kier alpha value is -3.65. The minimum absolute atomic E-state index is 0.133. The summed E-state index contributed by atoms with van der Waals surface area (Å²) in [5, 5.41) is 15.9. The zero-order chi connectivity index (χ0) is 28.8. The molecule has 2 atom stereocenters. The number of rotatable bonds is 9. The van der Waals surface area contributed by atoms with Crippen molar-refractivity contribution in [1.82, 2.24) is 16.0 Å². The lowest BCUT2D eigenvalue weighted by Gasteiger charge is -2.33. The van der Waals surface area contributed by atoms with E-state index < -0.39 is 58.1 Å². The highest BCUT2D eigenvalue weighted by molar-refractivity contribution is 7.89. The predicted molar refractivity (Wildman–Crippen MR) is 137 cm³/mol. The number of hydrogen-bond donors (Lipinski definition) is 5. The monoisotopic (exact) mass is 569 g/mol. The minimum atomic E-state index is -4.64. The molecular weight excluding hydrogens is 539 g/mol. The molecule has 2 aromatic rings. The zero-order valence-corrected chi connectivity index (χ0v) is 21.9. The summed E-state index contributed by atoms with van der Waals surface area (Å²) in [6, 6.07) is 7.00. The number of primary sulfonamides is 1. The van der Waals surface area contributed by atoms with Crippen LogP contribution in [0.3, 0.4) is 0 Å². The Morgan fingerprint density at radius 1 is 0.949 bits per heavy atom. The van der Waals surface area contributed by atoms with Crippen LogP contribution in [0.4, 0.5) is 18.9 Å². The Balaban J connectivity index is 1.61. The lowest BCUT2D eigenvalue weighted by Crippen LogP contribution is -2.54.